The topological polar surface area (TPSA) is 64.0 Å². The first-order chi connectivity index (χ1) is 12.1. The molecule has 0 bridgehead atoms. The van der Waals surface area contributed by atoms with E-state index in [1.54, 1.807) is 10.9 Å². The van der Waals surface area contributed by atoms with Gasteiger partial charge < -0.3 is 5.32 Å². The lowest BCUT2D eigenvalue weighted by Crippen LogP contribution is -2.31. The third-order valence-corrected chi connectivity index (χ3v) is 4.99. The van der Waals surface area contributed by atoms with Gasteiger partial charge in [-0.25, -0.2) is 0 Å². The van der Waals surface area contributed by atoms with Crippen molar-refractivity contribution in [1.29, 1.82) is 0 Å². The summed E-state index contributed by atoms with van der Waals surface area (Å²) in [5, 5.41) is 7.07. The molecule has 0 aliphatic heterocycles. The first kappa shape index (κ1) is 17.4. The molecule has 1 aliphatic carbocycles. The molecule has 1 fully saturated rings. The van der Waals surface area contributed by atoms with Gasteiger partial charge in [0.15, 0.2) is 0 Å². The Morgan fingerprint density at radius 1 is 1.36 bits per heavy atom. The monoisotopic (exact) mass is 339 g/mol. The Morgan fingerprint density at radius 2 is 2.16 bits per heavy atom. The van der Waals surface area contributed by atoms with Gasteiger partial charge in [0.25, 0.3) is 0 Å². The van der Waals surface area contributed by atoms with Crippen molar-refractivity contribution < 1.29 is 9.59 Å². The molecular weight excluding hydrogens is 314 g/mol. The molecular formula is C20H25N3O2. The quantitative estimate of drug-likeness (QED) is 0.843. The van der Waals surface area contributed by atoms with E-state index in [0.717, 1.165) is 31.2 Å². The van der Waals surface area contributed by atoms with Gasteiger partial charge in [0.1, 0.15) is 5.78 Å². The highest BCUT2D eigenvalue weighted by molar-refractivity contribution is 5.83. The van der Waals surface area contributed by atoms with Gasteiger partial charge in [-0.15, -0.1) is 0 Å². The van der Waals surface area contributed by atoms with Crippen molar-refractivity contribution in [2.24, 2.45) is 5.92 Å². The van der Waals surface area contributed by atoms with Crippen molar-refractivity contribution >= 4 is 11.7 Å². The smallest absolute Gasteiger partial charge is 0.227 e. The third kappa shape index (κ3) is 4.56. The molecule has 1 aromatic carbocycles. The zero-order valence-corrected chi connectivity index (χ0v) is 14.6. The first-order valence-corrected chi connectivity index (χ1v) is 9.00. The molecule has 0 radical (unpaired) electrons. The van der Waals surface area contributed by atoms with E-state index in [1.165, 1.54) is 5.56 Å². The van der Waals surface area contributed by atoms with Gasteiger partial charge in [0, 0.05) is 31.3 Å². The van der Waals surface area contributed by atoms with Crippen LogP contribution in [0.3, 0.4) is 0 Å². The number of carbonyl (C=O) groups is 2. The minimum Gasteiger partial charge on any atom is -0.354 e. The number of Topliss-reactive ketones (excluding diaryl/α,β-unsaturated/α-hetero) is 1. The average molecular weight is 339 g/mol. The van der Waals surface area contributed by atoms with E-state index in [-0.39, 0.29) is 17.7 Å². The zero-order chi connectivity index (χ0) is 17.6. The summed E-state index contributed by atoms with van der Waals surface area (Å²) in [5.74, 6) is 0.411. The Bertz CT molecular complexity index is 707. The van der Waals surface area contributed by atoms with Crippen molar-refractivity contribution in [3.05, 3.63) is 53.9 Å². The molecule has 0 unspecified atom stereocenters. The lowest BCUT2D eigenvalue weighted by atomic mass is 9.94. The van der Waals surface area contributed by atoms with Gasteiger partial charge in [-0.2, -0.15) is 5.10 Å². The molecule has 5 heteroatoms. The largest absolute Gasteiger partial charge is 0.354 e. The van der Waals surface area contributed by atoms with Crippen molar-refractivity contribution in [3.8, 4) is 0 Å². The highest BCUT2D eigenvalue weighted by atomic mass is 16.1. The number of amides is 1. The van der Waals surface area contributed by atoms with E-state index in [0.29, 0.717) is 18.9 Å². The minimum absolute atomic E-state index is 0.0193. The fourth-order valence-corrected chi connectivity index (χ4v) is 3.36. The molecule has 1 amide bonds. The lowest BCUT2D eigenvalue weighted by Gasteiger charge is -2.14. The van der Waals surface area contributed by atoms with Crippen LogP contribution >= 0.6 is 0 Å². The van der Waals surface area contributed by atoms with Crippen molar-refractivity contribution in [3.63, 3.8) is 0 Å². The molecule has 0 saturated heterocycles. The summed E-state index contributed by atoms with van der Waals surface area (Å²) in [5.41, 5.74) is 2.17. The van der Waals surface area contributed by atoms with E-state index >= 15 is 0 Å². The van der Waals surface area contributed by atoms with Crippen LogP contribution in [0.4, 0.5) is 0 Å². The lowest BCUT2D eigenvalue weighted by molar-refractivity contribution is -0.122. The van der Waals surface area contributed by atoms with E-state index in [2.05, 4.69) is 22.5 Å². The predicted octanol–water partition coefficient (Wildman–Crippen LogP) is 2.71. The van der Waals surface area contributed by atoms with Crippen LogP contribution < -0.4 is 5.32 Å². The van der Waals surface area contributed by atoms with Crippen molar-refractivity contribution in [2.45, 2.75) is 45.1 Å². The number of nitrogens with zero attached hydrogens (tertiary/aromatic N) is 2. The van der Waals surface area contributed by atoms with Crippen LogP contribution in [0, 0.1) is 5.92 Å². The second-order valence-electron chi connectivity index (χ2n) is 6.78. The highest BCUT2D eigenvalue weighted by Crippen LogP contribution is 2.25. The molecule has 1 N–H and O–H groups in total. The number of rotatable bonds is 7. The fraction of sp³-hybridized carbons (Fsp3) is 0.450. The van der Waals surface area contributed by atoms with Gasteiger partial charge in [0.2, 0.25) is 5.91 Å². The Kier molecular flexibility index (Phi) is 5.64. The van der Waals surface area contributed by atoms with Crippen LogP contribution in [0.25, 0.3) is 0 Å². The average Bonchev–Trinajstić information content (AvgIpc) is 3.27. The second-order valence-corrected chi connectivity index (χ2v) is 6.78. The van der Waals surface area contributed by atoms with Crippen LogP contribution in [0.5, 0.6) is 0 Å². The van der Waals surface area contributed by atoms with E-state index in [1.807, 2.05) is 31.3 Å². The van der Waals surface area contributed by atoms with Crippen LogP contribution in [0.2, 0.25) is 0 Å². The van der Waals surface area contributed by atoms with Crippen molar-refractivity contribution in [1.82, 2.24) is 15.1 Å². The number of ketones is 1. The van der Waals surface area contributed by atoms with Crippen LogP contribution in [0.1, 0.15) is 43.2 Å². The van der Waals surface area contributed by atoms with E-state index in [4.69, 9.17) is 0 Å². The van der Waals surface area contributed by atoms with Crippen LogP contribution in [-0.2, 0) is 22.6 Å². The minimum atomic E-state index is -0.195. The summed E-state index contributed by atoms with van der Waals surface area (Å²) in [7, 11) is 0. The molecule has 2 atom stereocenters. The fourth-order valence-electron chi connectivity index (χ4n) is 3.36. The molecule has 25 heavy (non-hydrogen) atoms. The number of carbonyl (C=O) groups excluding carboxylic acids is 2. The number of aromatic nitrogens is 2. The SMILES string of the molecule is C[C@@H](C(=O)NCCn1cccn1)c1ccc(C[C@@H]2CCCC2=O)cc1. The maximum Gasteiger partial charge on any atom is 0.227 e. The van der Waals surface area contributed by atoms with Gasteiger partial charge in [-0.3, -0.25) is 14.3 Å². The summed E-state index contributed by atoms with van der Waals surface area (Å²) >= 11 is 0. The van der Waals surface area contributed by atoms with E-state index in [9.17, 15) is 9.59 Å². The van der Waals surface area contributed by atoms with Gasteiger partial charge in [-0.05, 0) is 43.4 Å². The third-order valence-electron chi connectivity index (χ3n) is 4.99. The maximum absolute atomic E-state index is 12.3. The zero-order valence-electron chi connectivity index (χ0n) is 14.6. The number of hydrogen-bond acceptors (Lipinski definition) is 3. The predicted molar refractivity (Wildman–Crippen MR) is 96.1 cm³/mol. The molecule has 1 saturated carbocycles. The van der Waals surface area contributed by atoms with Crippen LogP contribution in [-0.4, -0.2) is 28.0 Å². The van der Waals surface area contributed by atoms with Gasteiger partial charge >= 0.3 is 0 Å². The molecule has 5 nitrogen and oxygen atoms in total. The first-order valence-electron chi connectivity index (χ1n) is 9.00. The van der Waals surface area contributed by atoms with Crippen LogP contribution in [0.15, 0.2) is 42.7 Å². The standard InChI is InChI=1S/C20H25N3O2/c1-15(20(25)21-11-13-23-12-3-10-22-23)17-8-6-16(7-9-17)14-18-4-2-5-19(18)24/h3,6-10,12,15,18H,2,4-5,11,13-14H2,1H3,(H,21,25)/t15-,18+/m1/s1. The van der Waals surface area contributed by atoms with Crippen molar-refractivity contribution in [2.75, 3.05) is 6.54 Å². The summed E-state index contributed by atoms with van der Waals surface area (Å²) in [6.07, 6.45) is 7.20. The molecule has 1 aliphatic rings. The number of hydrogen-bond donors (Lipinski definition) is 1. The Hall–Kier alpha value is -2.43. The molecule has 132 valence electrons. The Labute approximate surface area is 148 Å². The molecule has 0 spiro atoms. The summed E-state index contributed by atoms with van der Waals surface area (Å²) in [4.78, 5) is 24.1. The molecule has 2 aromatic rings. The summed E-state index contributed by atoms with van der Waals surface area (Å²) in [6, 6.07) is 9.98. The van der Waals surface area contributed by atoms with Gasteiger partial charge in [0.05, 0.1) is 12.5 Å². The molecule has 1 heterocycles. The highest BCUT2D eigenvalue weighted by Gasteiger charge is 2.24. The second kappa shape index (κ2) is 8.10. The number of benzene rings is 1. The Morgan fingerprint density at radius 3 is 2.80 bits per heavy atom. The summed E-state index contributed by atoms with van der Waals surface area (Å²) < 4.78 is 1.80. The Balaban J connectivity index is 1.50. The summed E-state index contributed by atoms with van der Waals surface area (Å²) in [6.45, 7) is 3.14. The van der Waals surface area contributed by atoms with E-state index < -0.39 is 0 Å². The number of nitrogens with one attached hydrogen (secondary N) is 1. The van der Waals surface area contributed by atoms with Gasteiger partial charge in [-0.1, -0.05) is 24.3 Å². The molecule has 1 aromatic heterocycles. The normalized spacial score (nSPS) is 18.3. The maximum atomic E-state index is 12.3. The molecule has 3 rings (SSSR count).